The first kappa shape index (κ1) is 81.4. The highest BCUT2D eigenvalue weighted by atomic mass is 16.6. The van der Waals surface area contributed by atoms with Gasteiger partial charge in [0, 0.05) is 136 Å². The number of hydrogen-bond acceptors (Lipinski definition) is 22. The molecule has 5 heterocycles. The number of aromatic nitrogens is 8. The van der Waals surface area contributed by atoms with Gasteiger partial charge in [0.1, 0.15) is 30.6 Å². The van der Waals surface area contributed by atoms with Crippen molar-refractivity contribution in [3.8, 4) is 5.75 Å². The number of imidazole rings is 3. The first-order valence-corrected chi connectivity index (χ1v) is 33.9. The Hall–Kier alpha value is -10.9. The van der Waals surface area contributed by atoms with Crippen LogP contribution in [-0.4, -0.2) is 210 Å². The van der Waals surface area contributed by atoms with Gasteiger partial charge in [-0.05, 0) is 23.3 Å². The molecule has 9 amide bonds. The minimum atomic E-state index is -0.625. The van der Waals surface area contributed by atoms with E-state index in [2.05, 4.69) is 62.8 Å². The Morgan fingerprint density at radius 3 is 1.32 bits per heavy atom. The molecule has 568 valence electrons. The van der Waals surface area contributed by atoms with Crippen LogP contribution in [0.4, 0.5) is 45.4 Å². The molecule has 2 aromatic carbocycles. The number of nitrogens with one attached hydrogen (secondary N) is 9. The molecule has 0 aliphatic carbocycles. The van der Waals surface area contributed by atoms with E-state index in [-0.39, 0.29) is 93.4 Å². The number of rotatable bonds is 50. The molecule has 0 spiro atoms. The molecule has 0 unspecified atom stereocenters. The van der Waals surface area contributed by atoms with E-state index in [4.69, 9.17) is 47.4 Å². The molecule has 0 saturated carbocycles. The fraction of sp³-hybridized carbons (Fsp3) is 0.449. The number of carbonyl (C=O) groups excluding carboxylic acids is 9. The Labute approximate surface area is 606 Å². The van der Waals surface area contributed by atoms with Crippen LogP contribution in [0.1, 0.15) is 70.9 Å². The molecular weight excluding hydrogens is 1370 g/mol. The predicted octanol–water partition coefficient (Wildman–Crippen LogP) is 4.26. The summed E-state index contributed by atoms with van der Waals surface area (Å²) in [6, 6.07) is 20.0. The van der Waals surface area contributed by atoms with Gasteiger partial charge < -0.3 is 113 Å². The zero-order valence-corrected chi connectivity index (χ0v) is 59.5. The molecule has 0 radical (unpaired) electrons. The molecule has 105 heavy (non-hydrogen) atoms. The third kappa shape index (κ3) is 31.3. The Morgan fingerprint density at radius 1 is 0.390 bits per heavy atom. The fourth-order valence-corrected chi connectivity index (χ4v) is 9.41. The van der Waals surface area contributed by atoms with Gasteiger partial charge in [-0.25, -0.2) is 14.8 Å². The lowest BCUT2D eigenvalue weighted by atomic mass is 10.2. The molecular formula is C69H93N17O19. The molecule has 36 nitrogen and oxygen atoms in total. The molecule has 0 bridgehead atoms. The maximum absolute atomic E-state index is 13.3. The summed E-state index contributed by atoms with van der Waals surface area (Å²) in [7, 11) is 8.17. The third-order valence-corrected chi connectivity index (χ3v) is 14.8. The maximum Gasteiger partial charge on any atom is 0.407 e. The molecule has 0 fully saturated rings. The fourth-order valence-electron chi connectivity index (χ4n) is 9.41. The quantitative estimate of drug-likeness (QED) is 0.0241. The second-order valence-electron chi connectivity index (χ2n) is 23.2. The lowest BCUT2D eigenvalue weighted by Gasteiger charge is -2.10. The van der Waals surface area contributed by atoms with Crippen LogP contribution in [0.25, 0.3) is 0 Å². The van der Waals surface area contributed by atoms with Crippen LogP contribution < -0.4 is 52.6 Å². The molecule has 7 rings (SSSR count). The first-order valence-electron chi connectivity index (χ1n) is 33.9. The van der Waals surface area contributed by atoms with Crippen molar-refractivity contribution in [3.05, 3.63) is 127 Å². The van der Waals surface area contributed by atoms with Gasteiger partial charge in [0.15, 0.2) is 17.5 Å². The highest BCUT2D eigenvalue weighted by Gasteiger charge is 2.21. The van der Waals surface area contributed by atoms with E-state index in [9.17, 15) is 43.2 Å². The number of ether oxygens (including phenoxy) is 10. The number of alkyl carbamates (subject to hydrolysis) is 1. The van der Waals surface area contributed by atoms with E-state index >= 15 is 0 Å². The highest BCUT2D eigenvalue weighted by molar-refractivity contribution is 6.04. The molecule has 0 atom stereocenters. The Bertz CT molecular complexity index is 3890. The number of nitrogens with zero attached hydrogens (tertiary/aromatic N) is 8. The van der Waals surface area contributed by atoms with Gasteiger partial charge >= 0.3 is 6.09 Å². The van der Waals surface area contributed by atoms with Gasteiger partial charge in [0.05, 0.1) is 117 Å². The summed E-state index contributed by atoms with van der Waals surface area (Å²) in [5.74, 6) is -2.00. The van der Waals surface area contributed by atoms with Crippen molar-refractivity contribution in [2.24, 2.45) is 35.2 Å². The maximum atomic E-state index is 13.3. The summed E-state index contributed by atoms with van der Waals surface area (Å²) >= 11 is 0. The van der Waals surface area contributed by atoms with Crippen LogP contribution in [0.3, 0.4) is 0 Å². The summed E-state index contributed by atoms with van der Waals surface area (Å²) in [6.45, 7) is 7.50. The smallest absolute Gasteiger partial charge is 0.407 e. The van der Waals surface area contributed by atoms with E-state index < -0.39 is 47.4 Å². The van der Waals surface area contributed by atoms with Crippen LogP contribution in [-0.2, 0) is 120 Å². The van der Waals surface area contributed by atoms with Crippen molar-refractivity contribution in [3.63, 3.8) is 0 Å². The number of aryl methyl sites for hydroxylation is 5. The van der Waals surface area contributed by atoms with Gasteiger partial charge in [-0.3, -0.25) is 43.7 Å². The van der Waals surface area contributed by atoms with Gasteiger partial charge in [-0.2, -0.15) is 4.98 Å². The number of anilines is 7. The molecule has 5 aromatic heterocycles. The van der Waals surface area contributed by atoms with E-state index in [0.717, 1.165) is 11.1 Å². The van der Waals surface area contributed by atoms with E-state index in [1.54, 1.807) is 73.6 Å². The van der Waals surface area contributed by atoms with Gasteiger partial charge in [0.2, 0.25) is 47.2 Å². The van der Waals surface area contributed by atoms with Crippen LogP contribution in [0.15, 0.2) is 104 Å². The minimum Gasteiger partial charge on any atom is -0.491 e. The van der Waals surface area contributed by atoms with Gasteiger partial charge in [-0.15, -0.1) is 0 Å². The average Bonchev–Trinajstić information content (AvgIpc) is 1.71. The monoisotopic (exact) mass is 1460 g/mol. The molecule has 9 N–H and O–H groups in total. The SMILES string of the molecule is Cn1cc(NC(=O)c2nc(NC(=O)CCC(=O)Nc3cc(NC(=O)c4nccn4C)cn3C)cn2C)cc1NC(=O)CCC(=O)Nc1cn(C)c(NC(=O)CCC(=O)NCCOCCOCCOCCOCCOCCOCCOCCOCCOc2ccc(CNC(=O)OCc3ccccc3)cc2)n1. The summed E-state index contributed by atoms with van der Waals surface area (Å²) in [6.07, 6.45) is 7.71. The van der Waals surface area contributed by atoms with Crippen molar-refractivity contribution in [1.29, 1.82) is 0 Å². The van der Waals surface area contributed by atoms with Crippen LogP contribution in [0, 0.1) is 0 Å². The van der Waals surface area contributed by atoms with Crippen molar-refractivity contribution >= 4 is 93.9 Å². The normalized spacial score (nSPS) is 11.0. The zero-order chi connectivity index (χ0) is 75.0. The number of amides is 9. The van der Waals surface area contributed by atoms with E-state index in [0.29, 0.717) is 141 Å². The Morgan fingerprint density at radius 2 is 0.829 bits per heavy atom. The Kier molecular flexibility index (Phi) is 35.1. The summed E-state index contributed by atoms with van der Waals surface area (Å²) in [5, 5.41) is 24.1. The van der Waals surface area contributed by atoms with Gasteiger partial charge in [0.25, 0.3) is 11.8 Å². The second-order valence-corrected chi connectivity index (χ2v) is 23.2. The zero-order valence-electron chi connectivity index (χ0n) is 59.5. The van der Waals surface area contributed by atoms with Crippen LogP contribution in [0.5, 0.6) is 5.75 Å². The predicted molar refractivity (Wildman–Crippen MR) is 382 cm³/mol. The summed E-state index contributed by atoms with van der Waals surface area (Å²) in [5.41, 5.74) is 2.58. The molecule has 7 aromatic rings. The summed E-state index contributed by atoms with van der Waals surface area (Å²) in [4.78, 5) is 127. The number of benzene rings is 2. The third-order valence-electron chi connectivity index (χ3n) is 14.8. The van der Waals surface area contributed by atoms with Crippen LogP contribution in [0.2, 0.25) is 0 Å². The van der Waals surface area contributed by atoms with Crippen molar-refractivity contribution in [2.75, 3.05) is 156 Å². The minimum absolute atomic E-state index is 0.0503. The van der Waals surface area contributed by atoms with Gasteiger partial charge in [-0.1, -0.05) is 42.5 Å². The summed E-state index contributed by atoms with van der Waals surface area (Å²) < 4.78 is 62.8. The highest BCUT2D eigenvalue weighted by Crippen LogP contribution is 2.22. The van der Waals surface area contributed by atoms with Crippen molar-refractivity contribution < 1.29 is 90.5 Å². The first-order chi connectivity index (χ1) is 50.8. The number of hydrogen-bond donors (Lipinski definition) is 9. The Balaban J connectivity index is 0.606. The standard InChI is InChI=1S/C69H93N17O19/c1-82-23-21-71-64(82)66(93)73-51-41-56(83(2)44-51)79-61(90)19-17-59(88)75-54-46-85(4)65(77-54)67(94)74-52-42-57(84(3)45-52)80-62(91)20-18-60(89)76-55-47-86(5)68(78-55)81-63(92)16-15-58(87)70-22-24-96-25-26-97-27-28-98-29-30-99-31-32-100-33-34-101-35-36-102-37-38-103-39-40-104-53-13-11-49(12-14-53)43-72-69(95)105-48-50-9-7-6-8-10-50/h6-14,21,23,41-42,44-47H,15-20,22,24-40,43,48H2,1-5H3,(H,70,87)(H,72,95)(H,73,93)(H,74,94)(H,75,88)(H,76,89)(H,79,90)(H,80,91)(H,78,81,92). The van der Waals surface area contributed by atoms with Crippen molar-refractivity contribution in [2.45, 2.75) is 51.7 Å². The second kappa shape index (κ2) is 45.3. The lowest BCUT2D eigenvalue weighted by Crippen LogP contribution is -2.28. The number of carbonyl (C=O) groups is 9. The molecule has 0 aliphatic rings. The largest absolute Gasteiger partial charge is 0.491 e. The van der Waals surface area contributed by atoms with Crippen molar-refractivity contribution in [1.82, 2.24) is 48.4 Å². The topological polar surface area (TPSA) is 418 Å². The van der Waals surface area contributed by atoms with E-state index in [1.165, 1.54) is 33.8 Å². The van der Waals surface area contributed by atoms with E-state index in [1.807, 2.05) is 54.6 Å². The molecule has 0 saturated heterocycles. The van der Waals surface area contributed by atoms with Crippen LogP contribution >= 0.6 is 0 Å². The molecule has 0 aliphatic heterocycles. The lowest BCUT2D eigenvalue weighted by molar-refractivity contribution is -0.124. The average molecular weight is 1460 g/mol. The molecule has 36 heteroatoms.